The fourth-order valence-electron chi connectivity index (χ4n) is 6.10. The van der Waals surface area contributed by atoms with Crippen molar-refractivity contribution in [3.8, 4) is 0 Å². The molecule has 0 saturated carbocycles. The zero-order valence-corrected chi connectivity index (χ0v) is 36.8. The maximum absolute atomic E-state index is 14.0. The fourth-order valence-corrected chi connectivity index (χ4v) is 6.10. The van der Waals surface area contributed by atoms with E-state index in [2.05, 4.69) is 41.9 Å². The first kappa shape index (κ1) is 55.9. The molecule has 0 aromatic heterocycles. The lowest BCUT2D eigenvalue weighted by Crippen LogP contribution is -2.61. The molecular weight excluding hydrogens is 837 g/mol. The van der Waals surface area contributed by atoms with Crippen LogP contribution < -0.4 is 66.3 Å². The maximum Gasteiger partial charge on any atom is 0.326 e. The number of carbonyl (C=O) groups is 7. The van der Waals surface area contributed by atoms with Crippen LogP contribution in [0.25, 0.3) is 0 Å². The molecule has 24 nitrogen and oxygen atoms in total. The lowest BCUT2D eigenvalue weighted by Gasteiger charge is -2.27. The molecule has 6 amide bonds. The summed E-state index contributed by atoms with van der Waals surface area (Å²) in [6, 6.07) is -1.09. The van der Waals surface area contributed by atoms with Crippen LogP contribution in [0.3, 0.4) is 0 Å². The van der Waals surface area contributed by atoms with Crippen LogP contribution in [0.2, 0.25) is 0 Å². The molecule has 0 bridgehead atoms. The first-order valence-electron chi connectivity index (χ1n) is 21.1. The number of carboxylic acid groups (broad SMARTS) is 1. The van der Waals surface area contributed by atoms with E-state index in [1.165, 1.54) is 6.92 Å². The number of nitrogens with one attached hydrogen (secondary N) is 6. The van der Waals surface area contributed by atoms with E-state index in [4.69, 9.17) is 34.4 Å². The molecule has 0 spiro atoms. The zero-order chi connectivity index (χ0) is 48.4. The molecule has 0 fully saturated rings. The second-order valence-electron chi connectivity index (χ2n) is 15.7. The van der Waals surface area contributed by atoms with Crippen LogP contribution >= 0.6 is 0 Å². The Hall–Kier alpha value is -6.11. The van der Waals surface area contributed by atoms with Crippen molar-refractivity contribution in [1.29, 1.82) is 0 Å². The third-order valence-corrected chi connectivity index (χ3v) is 9.61. The summed E-state index contributed by atoms with van der Waals surface area (Å²) < 4.78 is 0. The van der Waals surface area contributed by atoms with E-state index in [-0.39, 0.29) is 75.9 Å². The zero-order valence-electron chi connectivity index (χ0n) is 36.8. The summed E-state index contributed by atoms with van der Waals surface area (Å²) in [6.45, 7) is 4.37. The van der Waals surface area contributed by atoms with Crippen LogP contribution in [0.5, 0.6) is 0 Å². The summed E-state index contributed by atoms with van der Waals surface area (Å²) in [7, 11) is 0. The van der Waals surface area contributed by atoms with E-state index in [9.17, 15) is 48.9 Å². The number of aliphatic carboxylic acids is 1. The summed E-state index contributed by atoms with van der Waals surface area (Å²) in [5.41, 5.74) is 33.6. The Labute approximate surface area is 372 Å². The molecule has 1 rings (SSSR count). The molecular formula is C40H70N14O10. The molecule has 0 aliphatic rings. The monoisotopic (exact) mass is 907 g/mol. The highest BCUT2D eigenvalue weighted by Crippen LogP contribution is 2.11. The Balaban J connectivity index is 3.43. The number of benzene rings is 1. The van der Waals surface area contributed by atoms with Gasteiger partial charge >= 0.3 is 5.97 Å². The van der Waals surface area contributed by atoms with E-state index < -0.39 is 96.4 Å². The maximum atomic E-state index is 14.0. The summed E-state index contributed by atoms with van der Waals surface area (Å²) in [5, 5.41) is 45.1. The number of hydrogen-bond donors (Lipinski definition) is 15. The second-order valence-corrected chi connectivity index (χ2v) is 15.7. The number of amides is 6. The molecule has 0 heterocycles. The minimum atomic E-state index is -1.69. The minimum Gasteiger partial charge on any atom is -0.480 e. The van der Waals surface area contributed by atoms with E-state index in [0.717, 1.165) is 0 Å². The van der Waals surface area contributed by atoms with Gasteiger partial charge in [-0.2, -0.15) is 0 Å². The van der Waals surface area contributed by atoms with Crippen LogP contribution in [-0.2, 0) is 40.0 Å². The lowest BCUT2D eigenvalue weighted by molar-refractivity contribution is -0.142. The van der Waals surface area contributed by atoms with Gasteiger partial charge in [-0.15, -0.1) is 0 Å². The lowest BCUT2D eigenvalue weighted by atomic mass is 10.00. The summed E-state index contributed by atoms with van der Waals surface area (Å²) in [5.74, 6) is -7.07. The first-order chi connectivity index (χ1) is 30.2. The predicted molar refractivity (Wildman–Crippen MR) is 238 cm³/mol. The Bertz CT molecular complexity index is 1710. The van der Waals surface area contributed by atoms with Gasteiger partial charge in [0.1, 0.15) is 42.3 Å². The molecule has 1 aromatic carbocycles. The third-order valence-electron chi connectivity index (χ3n) is 9.61. The molecule has 64 heavy (non-hydrogen) atoms. The molecule has 0 saturated heterocycles. The van der Waals surface area contributed by atoms with Crippen LogP contribution in [0, 0.1) is 5.92 Å². The molecule has 0 aliphatic heterocycles. The highest BCUT2D eigenvalue weighted by molar-refractivity contribution is 5.97. The van der Waals surface area contributed by atoms with Gasteiger partial charge in [-0.25, -0.2) is 4.79 Å². The topological polar surface area (TPSA) is 433 Å². The minimum absolute atomic E-state index is 0.0329. The largest absolute Gasteiger partial charge is 0.480 e. The highest BCUT2D eigenvalue weighted by Gasteiger charge is 2.34. The molecule has 8 unspecified atom stereocenters. The van der Waals surface area contributed by atoms with Gasteiger partial charge in [-0.1, -0.05) is 44.2 Å². The standard InChI is InChI=1S/C40H70N14O10/c1-22(2)19-28(34(59)51-27(38(63)64)13-7-8-16-41)52-35(60)29(20-24-11-5-4-6-12-24)53-36(61)30(21-55)54-33(58)25(14-9-17-47-39(43)44)49-32(57)26(15-10-18-48-40(45)46)50-37(62)31(42)23(3)56/h4-6,11-12,22-23,25-31,55-56H,7-10,13-21,41-42H2,1-3H3,(H,49,57)(H,50,62)(H,51,59)(H,52,60)(H,53,61)(H,54,58)(H,63,64)(H4,43,44,47)(H4,45,46,48). The first-order valence-corrected chi connectivity index (χ1v) is 21.1. The van der Waals surface area contributed by atoms with Gasteiger partial charge < -0.3 is 81.6 Å². The van der Waals surface area contributed by atoms with Crippen LogP contribution in [-0.4, -0.2) is 143 Å². The summed E-state index contributed by atoms with van der Waals surface area (Å²) in [6.07, 6.45) is 0.00370. The van der Waals surface area contributed by atoms with Crippen LogP contribution in [0.4, 0.5) is 0 Å². The smallest absolute Gasteiger partial charge is 0.326 e. The second kappa shape index (κ2) is 30.1. The normalized spacial score (nSPS) is 14.8. The number of nitrogens with zero attached hydrogens (tertiary/aromatic N) is 2. The fraction of sp³-hybridized carbons (Fsp3) is 0.625. The van der Waals surface area contributed by atoms with Gasteiger partial charge in [0.2, 0.25) is 35.4 Å². The molecule has 1 aromatic rings. The Kier molecular flexibility index (Phi) is 26.3. The van der Waals surface area contributed by atoms with Gasteiger partial charge in [-0.05, 0) is 76.3 Å². The van der Waals surface area contributed by atoms with Crippen molar-refractivity contribution < 1.29 is 48.9 Å². The van der Waals surface area contributed by atoms with Gasteiger partial charge in [0.25, 0.3) is 0 Å². The van der Waals surface area contributed by atoms with Crippen molar-refractivity contribution in [2.75, 3.05) is 26.2 Å². The molecule has 8 atom stereocenters. The molecule has 21 N–H and O–H groups in total. The molecule has 360 valence electrons. The SMILES string of the molecule is CC(C)CC(NC(=O)C(Cc1ccccc1)NC(=O)C(CO)NC(=O)C(CCCN=C(N)N)NC(=O)C(CCCN=C(N)N)NC(=O)C(N)C(C)O)C(=O)NC(CCCCN)C(=O)O. The van der Waals surface area contributed by atoms with Gasteiger partial charge in [0, 0.05) is 19.5 Å². The Morgan fingerprint density at radius 2 is 1.02 bits per heavy atom. The average molecular weight is 907 g/mol. The molecule has 0 aliphatic carbocycles. The number of unbranched alkanes of at least 4 members (excludes halogenated alkanes) is 1. The average Bonchev–Trinajstić information content (AvgIpc) is 3.23. The number of rotatable bonds is 31. The van der Waals surface area contributed by atoms with Gasteiger partial charge in [-0.3, -0.25) is 38.8 Å². The summed E-state index contributed by atoms with van der Waals surface area (Å²) in [4.78, 5) is 101. The summed E-state index contributed by atoms with van der Waals surface area (Å²) >= 11 is 0. The van der Waals surface area contributed by atoms with E-state index >= 15 is 0 Å². The third kappa shape index (κ3) is 22.3. The Morgan fingerprint density at radius 3 is 1.48 bits per heavy atom. The number of aliphatic hydroxyl groups excluding tert-OH is 2. The van der Waals surface area contributed by atoms with Crippen LogP contribution in [0.15, 0.2) is 40.3 Å². The van der Waals surface area contributed by atoms with Crippen molar-refractivity contribution in [3.63, 3.8) is 0 Å². The van der Waals surface area contributed by atoms with Gasteiger partial charge in [0.15, 0.2) is 11.9 Å². The van der Waals surface area contributed by atoms with Gasteiger partial charge in [0.05, 0.1) is 12.7 Å². The van der Waals surface area contributed by atoms with E-state index in [0.29, 0.717) is 24.9 Å². The number of aliphatic imine (C=N–C) groups is 2. The number of hydrogen-bond acceptors (Lipinski definition) is 13. The highest BCUT2D eigenvalue weighted by atomic mass is 16.4. The number of carbonyl (C=O) groups excluding carboxylic acids is 6. The van der Waals surface area contributed by atoms with E-state index in [1.807, 2.05) is 0 Å². The number of nitrogens with two attached hydrogens (primary N) is 6. The van der Waals surface area contributed by atoms with Crippen molar-refractivity contribution in [2.24, 2.45) is 50.3 Å². The number of aliphatic hydroxyl groups is 2. The van der Waals surface area contributed by atoms with Crippen molar-refractivity contribution in [1.82, 2.24) is 31.9 Å². The van der Waals surface area contributed by atoms with Crippen molar-refractivity contribution >= 4 is 53.3 Å². The van der Waals surface area contributed by atoms with E-state index in [1.54, 1.807) is 44.2 Å². The number of guanidine groups is 2. The predicted octanol–water partition coefficient (Wildman–Crippen LogP) is -4.79. The van der Waals surface area contributed by atoms with Crippen molar-refractivity contribution in [2.45, 2.75) is 127 Å². The van der Waals surface area contributed by atoms with Crippen LogP contribution in [0.1, 0.15) is 77.7 Å². The molecule has 24 heteroatoms. The number of carboxylic acids is 1. The molecule has 0 radical (unpaired) electrons. The quantitative estimate of drug-likeness (QED) is 0.0189. The van der Waals surface area contributed by atoms with Crippen molar-refractivity contribution in [3.05, 3.63) is 35.9 Å². The Morgan fingerprint density at radius 1 is 0.594 bits per heavy atom.